The Morgan fingerprint density at radius 2 is 2.00 bits per heavy atom. The lowest BCUT2D eigenvalue weighted by Gasteiger charge is -2.15. The summed E-state index contributed by atoms with van der Waals surface area (Å²) in [6.07, 6.45) is 1.31. The van der Waals surface area contributed by atoms with Gasteiger partial charge in [-0.15, -0.1) is 0 Å². The van der Waals surface area contributed by atoms with Gasteiger partial charge in [0, 0.05) is 29.6 Å². The molecule has 0 radical (unpaired) electrons. The van der Waals surface area contributed by atoms with Crippen molar-refractivity contribution in [3.8, 4) is 0 Å². The molecule has 1 aromatic heterocycles. The highest BCUT2D eigenvalue weighted by Crippen LogP contribution is 2.17. The van der Waals surface area contributed by atoms with Gasteiger partial charge in [-0.25, -0.2) is 8.78 Å². The lowest BCUT2D eigenvalue weighted by molar-refractivity contribution is 0.0938. The topological polar surface area (TPSA) is 62.0 Å². The van der Waals surface area contributed by atoms with Gasteiger partial charge in [0.2, 0.25) is 0 Å². The second-order valence-corrected chi connectivity index (χ2v) is 4.75. The van der Waals surface area contributed by atoms with E-state index in [0.29, 0.717) is 5.69 Å². The lowest BCUT2D eigenvalue weighted by Crippen LogP contribution is -2.31. The summed E-state index contributed by atoms with van der Waals surface area (Å²) in [4.78, 5) is 26.5. The van der Waals surface area contributed by atoms with E-state index in [-0.39, 0.29) is 11.1 Å². The molecule has 0 saturated carbocycles. The van der Waals surface area contributed by atoms with Crippen LogP contribution in [0, 0.1) is 18.6 Å². The predicted octanol–water partition coefficient (Wildman–Crippen LogP) is 2.45. The van der Waals surface area contributed by atoms with E-state index in [0.717, 1.165) is 12.1 Å². The fourth-order valence-corrected chi connectivity index (χ4v) is 1.96. The third-order valence-corrected chi connectivity index (χ3v) is 3.08. The van der Waals surface area contributed by atoms with Gasteiger partial charge in [0.05, 0.1) is 6.04 Å². The van der Waals surface area contributed by atoms with Crippen LogP contribution in [-0.4, -0.2) is 10.9 Å². The highest BCUT2D eigenvalue weighted by Gasteiger charge is 2.17. The largest absolute Gasteiger partial charge is 0.364 e. The first-order valence-electron chi connectivity index (χ1n) is 6.33. The van der Waals surface area contributed by atoms with E-state index in [9.17, 15) is 18.4 Å². The van der Waals surface area contributed by atoms with Crippen molar-refractivity contribution in [1.82, 2.24) is 10.3 Å². The Labute approximate surface area is 119 Å². The van der Waals surface area contributed by atoms with Crippen LogP contribution in [0.4, 0.5) is 8.78 Å². The molecule has 21 heavy (non-hydrogen) atoms. The van der Waals surface area contributed by atoms with E-state index in [4.69, 9.17) is 0 Å². The molecule has 2 aromatic rings. The Balaban J connectivity index is 2.20. The van der Waals surface area contributed by atoms with Crippen molar-refractivity contribution < 1.29 is 13.6 Å². The minimum atomic E-state index is -0.749. The number of carbonyl (C=O) groups excluding carboxylic acids is 1. The minimum absolute atomic E-state index is 0.0602. The third kappa shape index (κ3) is 3.34. The molecule has 6 heteroatoms. The molecule has 1 aromatic carbocycles. The molecular weight excluding hydrogens is 278 g/mol. The number of carbonyl (C=O) groups is 1. The number of hydrogen-bond donors (Lipinski definition) is 2. The highest BCUT2D eigenvalue weighted by atomic mass is 19.1. The van der Waals surface area contributed by atoms with Gasteiger partial charge in [-0.1, -0.05) is 6.07 Å². The average molecular weight is 292 g/mol. The van der Waals surface area contributed by atoms with Crippen LogP contribution in [0.1, 0.15) is 34.6 Å². The molecular formula is C15H14F2N2O2. The molecule has 1 unspecified atom stereocenters. The predicted molar refractivity (Wildman–Crippen MR) is 74.0 cm³/mol. The van der Waals surface area contributed by atoms with E-state index in [1.807, 2.05) is 0 Å². The zero-order valence-corrected chi connectivity index (χ0v) is 11.5. The van der Waals surface area contributed by atoms with Gasteiger partial charge in [0.25, 0.3) is 5.91 Å². The van der Waals surface area contributed by atoms with Gasteiger partial charge in [-0.2, -0.15) is 0 Å². The number of aryl methyl sites for hydroxylation is 1. The SMILES string of the molecule is Cc1cc(=O)c(C(=O)NC(C)c2ccc(F)cc2F)c[nH]1. The molecule has 0 bridgehead atoms. The van der Waals surface area contributed by atoms with E-state index in [1.165, 1.54) is 18.3 Å². The Morgan fingerprint density at radius 3 is 2.62 bits per heavy atom. The van der Waals surface area contributed by atoms with Crippen molar-refractivity contribution in [3.63, 3.8) is 0 Å². The van der Waals surface area contributed by atoms with E-state index < -0.39 is 29.0 Å². The van der Waals surface area contributed by atoms with Gasteiger partial charge in [0.1, 0.15) is 17.2 Å². The average Bonchev–Trinajstić information content (AvgIpc) is 2.37. The normalized spacial score (nSPS) is 12.0. The molecule has 4 nitrogen and oxygen atoms in total. The van der Waals surface area contributed by atoms with Crippen LogP contribution in [-0.2, 0) is 0 Å². The molecule has 0 aliphatic heterocycles. The van der Waals surface area contributed by atoms with Crippen molar-refractivity contribution in [3.05, 3.63) is 69.1 Å². The molecule has 110 valence electrons. The van der Waals surface area contributed by atoms with Gasteiger partial charge < -0.3 is 10.3 Å². The standard InChI is InChI=1S/C15H14F2N2O2/c1-8-5-14(20)12(7-18-8)15(21)19-9(2)11-4-3-10(16)6-13(11)17/h3-7,9H,1-2H3,(H,18,20)(H,19,21). The molecule has 1 atom stereocenters. The number of rotatable bonds is 3. The molecule has 0 aliphatic carbocycles. The van der Waals surface area contributed by atoms with Crippen LogP contribution in [0.15, 0.2) is 35.3 Å². The van der Waals surface area contributed by atoms with Crippen LogP contribution in [0.5, 0.6) is 0 Å². The maximum atomic E-state index is 13.6. The number of H-pyrrole nitrogens is 1. The number of halogens is 2. The summed E-state index contributed by atoms with van der Waals surface area (Å²) in [7, 11) is 0. The molecule has 0 fully saturated rings. The summed E-state index contributed by atoms with van der Waals surface area (Å²) in [6, 6.07) is 3.72. The van der Waals surface area contributed by atoms with E-state index in [1.54, 1.807) is 13.8 Å². The Morgan fingerprint density at radius 1 is 1.29 bits per heavy atom. The quantitative estimate of drug-likeness (QED) is 0.912. The minimum Gasteiger partial charge on any atom is -0.364 e. The summed E-state index contributed by atoms with van der Waals surface area (Å²) in [6.45, 7) is 3.25. The molecule has 0 saturated heterocycles. The maximum Gasteiger partial charge on any atom is 0.257 e. The van der Waals surface area contributed by atoms with Crippen molar-refractivity contribution >= 4 is 5.91 Å². The fourth-order valence-electron chi connectivity index (χ4n) is 1.96. The molecule has 0 spiro atoms. The summed E-state index contributed by atoms with van der Waals surface area (Å²) >= 11 is 0. The highest BCUT2D eigenvalue weighted by molar-refractivity contribution is 5.94. The van der Waals surface area contributed by atoms with Crippen LogP contribution in [0.2, 0.25) is 0 Å². The zero-order valence-electron chi connectivity index (χ0n) is 11.5. The molecule has 1 heterocycles. The van der Waals surface area contributed by atoms with Gasteiger partial charge in [-0.05, 0) is 19.9 Å². The number of aromatic amines is 1. The van der Waals surface area contributed by atoms with Crippen LogP contribution in [0.25, 0.3) is 0 Å². The molecule has 2 N–H and O–H groups in total. The number of hydrogen-bond acceptors (Lipinski definition) is 2. The summed E-state index contributed by atoms with van der Waals surface area (Å²) in [5.41, 5.74) is 0.299. The van der Waals surface area contributed by atoms with Gasteiger partial charge in [-0.3, -0.25) is 9.59 Å². The van der Waals surface area contributed by atoms with Crippen molar-refractivity contribution in [1.29, 1.82) is 0 Å². The van der Waals surface area contributed by atoms with E-state index >= 15 is 0 Å². The van der Waals surface area contributed by atoms with Crippen molar-refractivity contribution in [2.75, 3.05) is 0 Å². The summed E-state index contributed by atoms with van der Waals surface area (Å²) in [5.74, 6) is -2.06. The Bertz CT molecular complexity index is 741. The monoisotopic (exact) mass is 292 g/mol. The van der Waals surface area contributed by atoms with Crippen molar-refractivity contribution in [2.24, 2.45) is 0 Å². The zero-order chi connectivity index (χ0) is 15.6. The molecule has 2 rings (SSSR count). The number of aromatic nitrogens is 1. The van der Waals surface area contributed by atoms with Crippen LogP contribution in [0.3, 0.4) is 0 Å². The smallest absolute Gasteiger partial charge is 0.257 e. The second-order valence-electron chi connectivity index (χ2n) is 4.75. The summed E-state index contributed by atoms with van der Waals surface area (Å²) in [5, 5.41) is 2.51. The Hall–Kier alpha value is -2.50. The number of nitrogens with one attached hydrogen (secondary N) is 2. The third-order valence-electron chi connectivity index (χ3n) is 3.08. The lowest BCUT2D eigenvalue weighted by atomic mass is 10.1. The fraction of sp³-hybridized carbons (Fsp3) is 0.200. The number of benzene rings is 1. The van der Waals surface area contributed by atoms with Crippen LogP contribution < -0.4 is 10.7 Å². The Kier molecular flexibility index (Phi) is 4.16. The maximum absolute atomic E-state index is 13.6. The first-order chi connectivity index (χ1) is 9.88. The first kappa shape index (κ1) is 14.9. The number of amides is 1. The molecule has 0 aliphatic rings. The first-order valence-corrected chi connectivity index (χ1v) is 6.33. The van der Waals surface area contributed by atoms with Gasteiger partial charge in [0.15, 0.2) is 5.43 Å². The van der Waals surface area contributed by atoms with Crippen molar-refractivity contribution in [2.45, 2.75) is 19.9 Å². The molecule has 1 amide bonds. The second kappa shape index (κ2) is 5.87. The van der Waals surface area contributed by atoms with E-state index in [2.05, 4.69) is 10.3 Å². The summed E-state index contributed by atoms with van der Waals surface area (Å²) < 4.78 is 26.5. The van der Waals surface area contributed by atoms with Crippen LogP contribution >= 0.6 is 0 Å². The number of pyridine rings is 1. The van der Waals surface area contributed by atoms with Gasteiger partial charge >= 0.3 is 0 Å².